The first kappa shape index (κ1) is 22.9. The molecule has 4 N–H and O–H groups in total. The molecule has 174 valence electrons. The Labute approximate surface area is 192 Å². The van der Waals surface area contributed by atoms with E-state index in [1.807, 2.05) is 13.8 Å². The molecule has 33 heavy (non-hydrogen) atoms. The topological polar surface area (TPSA) is 105 Å². The highest BCUT2D eigenvalue weighted by Gasteiger charge is 2.40. The van der Waals surface area contributed by atoms with Crippen LogP contribution in [0, 0.1) is 17.2 Å². The first-order valence-corrected chi connectivity index (χ1v) is 11.2. The van der Waals surface area contributed by atoms with Crippen LogP contribution in [0.3, 0.4) is 0 Å². The van der Waals surface area contributed by atoms with Crippen molar-refractivity contribution in [2.24, 2.45) is 17.1 Å². The van der Waals surface area contributed by atoms with Crippen molar-refractivity contribution in [3.05, 3.63) is 59.4 Å². The number of halogens is 1. The van der Waals surface area contributed by atoms with Gasteiger partial charge in [-0.3, -0.25) is 14.4 Å². The average molecular weight is 453 g/mol. The Balaban J connectivity index is 1.69. The van der Waals surface area contributed by atoms with E-state index < -0.39 is 6.04 Å². The first-order valence-electron chi connectivity index (χ1n) is 11.2. The number of amides is 3. The fourth-order valence-corrected chi connectivity index (χ4v) is 3.87. The maximum absolute atomic E-state index is 13.5. The largest absolute Gasteiger partial charge is 0.351 e. The summed E-state index contributed by atoms with van der Waals surface area (Å²) in [6.07, 6.45) is 1.64. The molecule has 0 saturated heterocycles. The molecule has 3 amide bonds. The molecule has 1 unspecified atom stereocenters. The number of hydrogen-bond donors (Lipinski definition) is 3. The Bertz CT molecular complexity index is 1080. The highest BCUT2D eigenvalue weighted by atomic mass is 19.1. The monoisotopic (exact) mass is 452 g/mol. The molecule has 1 saturated carbocycles. The Morgan fingerprint density at radius 2 is 1.88 bits per heavy atom. The van der Waals surface area contributed by atoms with Crippen molar-refractivity contribution in [1.82, 2.24) is 5.32 Å². The summed E-state index contributed by atoms with van der Waals surface area (Å²) in [6, 6.07) is 10.2. The van der Waals surface area contributed by atoms with Gasteiger partial charge in [-0.15, -0.1) is 0 Å². The summed E-state index contributed by atoms with van der Waals surface area (Å²) < 4.78 is 13.5. The number of nitrogens with two attached hydrogens (primary N) is 1. The van der Waals surface area contributed by atoms with Crippen LogP contribution in [-0.4, -0.2) is 30.8 Å². The van der Waals surface area contributed by atoms with Crippen molar-refractivity contribution in [1.29, 1.82) is 0 Å². The third kappa shape index (κ3) is 5.06. The van der Waals surface area contributed by atoms with Gasteiger partial charge in [0.1, 0.15) is 5.82 Å². The van der Waals surface area contributed by atoms with E-state index >= 15 is 0 Å². The van der Waals surface area contributed by atoms with E-state index in [2.05, 4.69) is 10.6 Å². The van der Waals surface area contributed by atoms with Gasteiger partial charge in [-0.1, -0.05) is 26.0 Å². The maximum Gasteiger partial charge on any atom is 0.251 e. The number of benzene rings is 2. The molecule has 1 atom stereocenters. The molecule has 1 aliphatic carbocycles. The summed E-state index contributed by atoms with van der Waals surface area (Å²) in [4.78, 5) is 40.5. The summed E-state index contributed by atoms with van der Waals surface area (Å²) in [5, 5.41) is 5.73. The Hall–Kier alpha value is -3.26. The molecule has 4 rings (SSSR count). The molecular formula is C25H29FN4O3. The lowest BCUT2D eigenvalue weighted by Gasteiger charge is -2.31. The lowest BCUT2D eigenvalue weighted by Crippen LogP contribution is -2.38. The summed E-state index contributed by atoms with van der Waals surface area (Å²) in [5.41, 5.74) is 7.49. The van der Waals surface area contributed by atoms with Crippen LogP contribution in [0.2, 0.25) is 0 Å². The van der Waals surface area contributed by atoms with E-state index in [0.717, 1.165) is 12.8 Å². The van der Waals surface area contributed by atoms with E-state index in [-0.39, 0.29) is 41.3 Å². The van der Waals surface area contributed by atoms with Crippen molar-refractivity contribution >= 4 is 29.1 Å². The molecule has 2 aromatic carbocycles. The molecule has 0 radical (unpaired) electrons. The molecule has 0 aromatic heterocycles. The number of carbonyl (C=O) groups is 3. The van der Waals surface area contributed by atoms with Gasteiger partial charge in [0.2, 0.25) is 11.8 Å². The zero-order chi connectivity index (χ0) is 23.8. The Morgan fingerprint density at radius 1 is 1.18 bits per heavy atom. The van der Waals surface area contributed by atoms with Gasteiger partial charge in [0.05, 0.1) is 23.8 Å². The number of nitrogens with zero attached hydrogens (tertiary/aromatic N) is 1. The van der Waals surface area contributed by atoms with Crippen LogP contribution in [0.15, 0.2) is 42.5 Å². The predicted molar refractivity (Wildman–Crippen MR) is 124 cm³/mol. The maximum atomic E-state index is 13.5. The molecule has 7 nitrogen and oxygen atoms in total. The minimum Gasteiger partial charge on any atom is -0.351 e. The smallest absolute Gasteiger partial charge is 0.251 e. The van der Waals surface area contributed by atoms with E-state index in [1.165, 1.54) is 12.1 Å². The van der Waals surface area contributed by atoms with Crippen LogP contribution in [0.25, 0.3) is 0 Å². The van der Waals surface area contributed by atoms with E-state index in [0.29, 0.717) is 35.6 Å². The van der Waals surface area contributed by atoms with Crippen molar-refractivity contribution < 1.29 is 18.8 Å². The van der Waals surface area contributed by atoms with E-state index in [4.69, 9.17) is 5.73 Å². The quantitative estimate of drug-likeness (QED) is 0.625. The van der Waals surface area contributed by atoms with Gasteiger partial charge in [-0.05, 0) is 60.7 Å². The fourth-order valence-electron chi connectivity index (χ4n) is 3.87. The summed E-state index contributed by atoms with van der Waals surface area (Å²) >= 11 is 0. The molecule has 2 aromatic rings. The normalized spacial score (nSPS) is 18.2. The van der Waals surface area contributed by atoms with Crippen molar-refractivity contribution in [2.45, 2.75) is 39.2 Å². The molecular weight excluding hydrogens is 423 g/mol. The molecule has 2 aliphatic rings. The van der Waals surface area contributed by atoms with Gasteiger partial charge in [0.15, 0.2) is 0 Å². The van der Waals surface area contributed by atoms with Gasteiger partial charge in [-0.25, -0.2) is 4.39 Å². The molecule has 8 heteroatoms. The second-order valence-electron chi connectivity index (χ2n) is 9.59. The molecule has 0 bridgehead atoms. The number of hydrogen-bond acceptors (Lipinski definition) is 4. The lowest BCUT2D eigenvalue weighted by atomic mass is 9.94. The Morgan fingerprint density at radius 3 is 2.52 bits per heavy atom. The summed E-state index contributed by atoms with van der Waals surface area (Å²) in [7, 11) is 0. The van der Waals surface area contributed by atoms with Crippen molar-refractivity contribution in [3.8, 4) is 0 Å². The lowest BCUT2D eigenvalue weighted by molar-refractivity contribution is -0.120. The minimum atomic E-state index is -0.565. The van der Waals surface area contributed by atoms with Gasteiger partial charge in [0, 0.05) is 18.0 Å². The van der Waals surface area contributed by atoms with Crippen molar-refractivity contribution in [2.75, 3.05) is 23.3 Å². The summed E-state index contributed by atoms with van der Waals surface area (Å²) in [6.45, 7) is 4.75. The molecule has 0 spiro atoms. The first-order chi connectivity index (χ1) is 15.7. The van der Waals surface area contributed by atoms with Crippen LogP contribution in [0.5, 0.6) is 0 Å². The third-order valence-corrected chi connectivity index (χ3v) is 6.18. The van der Waals surface area contributed by atoms with Crippen LogP contribution >= 0.6 is 0 Å². The number of carbonyl (C=O) groups excluding carboxylic acids is 3. The van der Waals surface area contributed by atoms with E-state index in [1.54, 1.807) is 35.2 Å². The Kier molecular flexibility index (Phi) is 6.21. The SMILES string of the molecule is CC(C)(CN)CNC(=O)c1ccc2c(c1)NC(=O)CC(c1ccc(F)cc1)N2C(=O)C1CC1. The molecule has 1 fully saturated rings. The number of fused-ring (bicyclic) bond motifs is 1. The van der Waals surface area contributed by atoms with Crippen LogP contribution < -0.4 is 21.3 Å². The van der Waals surface area contributed by atoms with Gasteiger partial charge < -0.3 is 21.3 Å². The molecule has 1 heterocycles. The van der Waals surface area contributed by atoms with Crippen LogP contribution in [-0.2, 0) is 9.59 Å². The highest BCUT2D eigenvalue weighted by molar-refractivity contribution is 6.07. The zero-order valence-electron chi connectivity index (χ0n) is 18.9. The molecule has 1 aliphatic heterocycles. The second-order valence-corrected chi connectivity index (χ2v) is 9.59. The second kappa shape index (κ2) is 8.94. The number of anilines is 2. The van der Waals surface area contributed by atoms with Gasteiger partial charge in [0.25, 0.3) is 5.91 Å². The third-order valence-electron chi connectivity index (χ3n) is 6.18. The fraction of sp³-hybridized carbons (Fsp3) is 0.400. The average Bonchev–Trinajstić information content (AvgIpc) is 3.64. The number of nitrogens with one attached hydrogen (secondary N) is 2. The van der Waals surface area contributed by atoms with Crippen LogP contribution in [0.1, 0.15) is 55.1 Å². The van der Waals surface area contributed by atoms with E-state index in [9.17, 15) is 18.8 Å². The highest BCUT2D eigenvalue weighted by Crippen LogP contribution is 2.43. The van der Waals surface area contributed by atoms with Crippen LogP contribution in [0.4, 0.5) is 15.8 Å². The van der Waals surface area contributed by atoms with Crippen molar-refractivity contribution in [3.63, 3.8) is 0 Å². The zero-order valence-corrected chi connectivity index (χ0v) is 18.9. The standard InChI is InChI=1S/C25H29FN4O3/c1-25(2,13-27)14-28-23(32)17-7-10-20-19(11-17)29-22(31)12-21(15-5-8-18(26)9-6-15)30(20)24(33)16-3-4-16/h5-11,16,21H,3-4,12-14,27H2,1-2H3,(H,28,32)(H,29,31). The van der Waals surface area contributed by atoms with Gasteiger partial charge in [-0.2, -0.15) is 0 Å². The predicted octanol–water partition coefficient (Wildman–Crippen LogP) is 3.37. The summed E-state index contributed by atoms with van der Waals surface area (Å²) in [5.74, 6) is -1.10. The van der Waals surface area contributed by atoms with Gasteiger partial charge >= 0.3 is 0 Å². The minimum absolute atomic E-state index is 0.0327. The number of rotatable bonds is 6.